The van der Waals surface area contributed by atoms with Gasteiger partial charge in [0.05, 0.1) is 30.3 Å². The van der Waals surface area contributed by atoms with Crippen LogP contribution >= 0.6 is 0 Å². The predicted octanol–water partition coefficient (Wildman–Crippen LogP) is 2.20. The van der Waals surface area contributed by atoms with Crippen molar-refractivity contribution >= 4 is 17.7 Å². The van der Waals surface area contributed by atoms with Gasteiger partial charge in [-0.05, 0) is 30.1 Å². The highest BCUT2D eigenvalue weighted by atomic mass is 19.1. The molecule has 0 radical (unpaired) electrons. The highest BCUT2D eigenvalue weighted by Crippen LogP contribution is 2.48. The summed E-state index contributed by atoms with van der Waals surface area (Å²) in [6, 6.07) is 6.68. The Morgan fingerprint density at radius 2 is 2.32 bits per heavy atom. The van der Waals surface area contributed by atoms with Crippen LogP contribution < -0.4 is 10.2 Å². The Hall–Kier alpha value is -3.15. The lowest BCUT2D eigenvalue weighted by molar-refractivity contribution is 0.147. The monoisotopic (exact) mass is 343 g/mol. The smallest absolute Gasteiger partial charge is 0.414 e. The van der Waals surface area contributed by atoms with Crippen LogP contribution in [0.3, 0.4) is 0 Å². The molecule has 128 valence electrons. The lowest BCUT2D eigenvalue weighted by atomic mass is 9.97. The molecule has 1 saturated heterocycles. The summed E-state index contributed by atoms with van der Waals surface area (Å²) in [6.07, 6.45) is 1.54. The number of nitrogens with one attached hydrogen (secondary N) is 1. The quantitative estimate of drug-likeness (QED) is 0.887. The topological polar surface area (TPSA) is 104 Å². The number of amides is 1. The van der Waals surface area contributed by atoms with Gasteiger partial charge in [0.25, 0.3) is 5.95 Å². The Bertz CT molecular complexity index is 844. The number of rotatable bonds is 5. The molecule has 1 aliphatic heterocycles. The Morgan fingerprint density at radius 3 is 2.96 bits per heavy atom. The molecule has 1 saturated carbocycles. The van der Waals surface area contributed by atoms with Crippen LogP contribution in [0.5, 0.6) is 0 Å². The van der Waals surface area contributed by atoms with Gasteiger partial charge >= 0.3 is 6.09 Å². The van der Waals surface area contributed by atoms with Gasteiger partial charge < -0.3 is 14.6 Å². The summed E-state index contributed by atoms with van der Waals surface area (Å²) < 4.78 is 24.3. The van der Waals surface area contributed by atoms with E-state index in [4.69, 9.17) is 4.74 Å². The molecule has 2 aliphatic rings. The first-order valence-electron chi connectivity index (χ1n) is 7.81. The van der Waals surface area contributed by atoms with Crippen LogP contribution in [0.25, 0.3) is 0 Å². The predicted molar refractivity (Wildman–Crippen MR) is 83.3 cm³/mol. The van der Waals surface area contributed by atoms with Gasteiger partial charge in [-0.3, -0.25) is 4.90 Å². The van der Waals surface area contributed by atoms with Gasteiger partial charge in [-0.1, -0.05) is 6.07 Å². The van der Waals surface area contributed by atoms with Crippen LogP contribution in [0.2, 0.25) is 0 Å². The highest BCUT2D eigenvalue weighted by molar-refractivity contribution is 5.89. The molecule has 8 nitrogen and oxygen atoms in total. The number of benzene rings is 1. The lowest BCUT2D eigenvalue weighted by Crippen LogP contribution is -2.27. The second kappa shape index (κ2) is 5.73. The first kappa shape index (κ1) is 15.4. The zero-order chi connectivity index (χ0) is 17.4. The highest BCUT2D eigenvalue weighted by Gasteiger charge is 2.47. The van der Waals surface area contributed by atoms with E-state index in [9.17, 15) is 14.4 Å². The molecule has 1 aromatic heterocycles. The van der Waals surface area contributed by atoms with Gasteiger partial charge in [0.15, 0.2) is 0 Å². The molecular formula is C16H14FN5O3. The number of aromatic nitrogens is 2. The van der Waals surface area contributed by atoms with Gasteiger partial charge in [-0.2, -0.15) is 10.2 Å². The SMILES string of the molecule is N#CC1(c2ccc(N3C[C@H](CNc4ncon4)OC3=O)cc2F)CC1. The first-order valence-corrected chi connectivity index (χ1v) is 7.81. The molecular weight excluding hydrogens is 329 g/mol. The molecule has 2 fully saturated rings. The van der Waals surface area contributed by atoms with Crippen molar-refractivity contribution in [3.05, 3.63) is 36.0 Å². The Kier molecular flexibility index (Phi) is 3.53. The normalized spacial score (nSPS) is 20.9. The molecule has 25 heavy (non-hydrogen) atoms. The Balaban J connectivity index is 1.46. The Morgan fingerprint density at radius 1 is 1.48 bits per heavy atom. The number of carbonyl (C=O) groups is 1. The van der Waals surface area contributed by atoms with E-state index >= 15 is 0 Å². The van der Waals surface area contributed by atoms with E-state index in [0.717, 1.165) is 0 Å². The number of halogens is 1. The molecule has 0 unspecified atom stereocenters. The average molecular weight is 343 g/mol. The molecule has 4 rings (SSSR count). The number of nitriles is 1. The third kappa shape index (κ3) is 2.76. The third-order valence-electron chi connectivity index (χ3n) is 4.47. The van der Waals surface area contributed by atoms with E-state index in [1.165, 1.54) is 17.4 Å². The molecule has 0 bridgehead atoms. The maximum absolute atomic E-state index is 14.4. The number of nitrogens with zero attached hydrogens (tertiary/aromatic N) is 4. The van der Waals surface area contributed by atoms with Gasteiger partial charge in [-0.25, -0.2) is 9.18 Å². The van der Waals surface area contributed by atoms with Gasteiger partial charge in [0.2, 0.25) is 6.39 Å². The van der Waals surface area contributed by atoms with Gasteiger partial charge in [0.1, 0.15) is 11.9 Å². The minimum Gasteiger partial charge on any atom is -0.442 e. The van der Waals surface area contributed by atoms with Crippen molar-refractivity contribution in [2.24, 2.45) is 0 Å². The lowest BCUT2D eigenvalue weighted by Gasteiger charge is -2.15. The largest absolute Gasteiger partial charge is 0.442 e. The van der Waals surface area contributed by atoms with Crippen molar-refractivity contribution in [2.75, 3.05) is 23.3 Å². The standard InChI is InChI=1S/C16H14FN5O3/c17-13-5-10(1-2-12(13)16(8-18)3-4-16)22-7-11(25-15(22)23)6-19-14-20-9-24-21-14/h1-2,5,9,11H,3-4,6-7H2,(H,19,21)/t11-/m0/s1. The van der Waals surface area contributed by atoms with Crippen LogP contribution in [0.4, 0.5) is 20.8 Å². The van der Waals surface area contributed by atoms with E-state index in [0.29, 0.717) is 36.6 Å². The molecule has 9 heteroatoms. The van der Waals surface area contributed by atoms with Crippen molar-refractivity contribution in [3.8, 4) is 6.07 Å². The summed E-state index contributed by atoms with van der Waals surface area (Å²) in [6.45, 7) is 0.575. The molecule has 1 atom stereocenters. The second-order valence-electron chi connectivity index (χ2n) is 6.11. The van der Waals surface area contributed by atoms with Crippen LogP contribution in [0, 0.1) is 17.1 Å². The van der Waals surface area contributed by atoms with Gasteiger partial charge in [-0.15, -0.1) is 0 Å². The fraction of sp³-hybridized carbons (Fsp3) is 0.375. The molecule has 2 aromatic rings. The van der Waals surface area contributed by atoms with E-state index in [2.05, 4.69) is 26.0 Å². The zero-order valence-corrected chi connectivity index (χ0v) is 13.1. The Labute approximate surface area is 142 Å². The molecule has 0 spiro atoms. The zero-order valence-electron chi connectivity index (χ0n) is 13.1. The van der Waals surface area contributed by atoms with Crippen LogP contribution in [0.1, 0.15) is 18.4 Å². The molecule has 1 N–H and O–H groups in total. The second-order valence-corrected chi connectivity index (χ2v) is 6.11. The van der Waals surface area contributed by atoms with Crippen molar-refractivity contribution in [1.82, 2.24) is 10.1 Å². The number of anilines is 2. The first-order chi connectivity index (χ1) is 12.1. The maximum Gasteiger partial charge on any atom is 0.414 e. The van der Waals surface area contributed by atoms with E-state index < -0.39 is 23.4 Å². The number of hydrogen-bond donors (Lipinski definition) is 1. The summed E-state index contributed by atoms with van der Waals surface area (Å²) in [5, 5.41) is 15.7. The molecule has 1 amide bonds. The average Bonchev–Trinajstić information content (AvgIpc) is 3.04. The van der Waals surface area contributed by atoms with Crippen LogP contribution in [-0.2, 0) is 10.2 Å². The van der Waals surface area contributed by atoms with E-state index in [1.807, 2.05) is 0 Å². The summed E-state index contributed by atoms with van der Waals surface area (Å²) in [7, 11) is 0. The number of cyclic esters (lactones) is 1. The summed E-state index contributed by atoms with van der Waals surface area (Å²) >= 11 is 0. The summed E-state index contributed by atoms with van der Waals surface area (Å²) in [5.41, 5.74) is 0.0919. The van der Waals surface area contributed by atoms with E-state index in [1.54, 1.807) is 12.1 Å². The van der Waals surface area contributed by atoms with Crippen molar-refractivity contribution in [2.45, 2.75) is 24.4 Å². The number of carbonyl (C=O) groups excluding carboxylic acids is 1. The summed E-state index contributed by atoms with van der Waals surface area (Å²) in [5.74, 6) is -0.172. The van der Waals surface area contributed by atoms with Gasteiger partial charge in [0, 0.05) is 5.56 Å². The minimum absolute atomic E-state index is 0.270. The number of ether oxygens (including phenoxy) is 1. The summed E-state index contributed by atoms with van der Waals surface area (Å²) in [4.78, 5) is 17.2. The van der Waals surface area contributed by atoms with Crippen LogP contribution in [-0.4, -0.2) is 35.4 Å². The van der Waals surface area contributed by atoms with E-state index in [-0.39, 0.29) is 6.54 Å². The minimum atomic E-state index is -0.703. The molecule has 1 aromatic carbocycles. The van der Waals surface area contributed by atoms with Crippen molar-refractivity contribution < 1.29 is 18.4 Å². The third-order valence-corrected chi connectivity index (χ3v) is 4.47. The fourth-order valence-corrected chi connectivity index (χ4v) is 2.92. The van der Waals surface area contributed by atoms with Crippen molar-refractivity contribution in [1.29, 1.82) is 5.26 Å². The molecule has 1 aliphatic carbocycles. The maximum atomic E-state index is 14.4. The van der Waals surface area contributed by atoms with Crippen molar-refractivity contribution in [3.63, 3.8) is 0 Å². The number of hydrogen-bond acceptors (Lipinski definition) is 7. The van der Waals surface area contributed by atoms with Crippen LogP contribution in [0.15, 0.2) is 29.1 Å². The fourth-order valence-electron chi connectivity index (χ4n) is 2.92. The molecule has 2 heterocycles.